The van der Waals surface area contributed by atoms with Crippen LogP contribution in [0.2, 0.25) is 0 Å². The van der Waals surface area contributed by atoms with E-state index in [2.05, 4.69) is 0 Å². The van der Waals surface area contributed by atoms with Crippen LogP contribution in [-0.4, -0.2) is 47.8 Å². The van der Waals surface area contributed by atoms with E-state index in [1.165, 1.54) is 37.3 Å². The van der Waals surface area contributed by atoms with Crippen molar-refractivity contribution in [3.8, 4) is 11.5 Å². The standard InChI is InChI=1S/C26H20FN3O7/c1-13-4-5-14(11-20(13)27)28-22(19-12-16(36-2)7-9-21(19)37-3)23(26(28)33)29-24(31)17-8-6-15(30(34)35)10-18(17)25(29)32/h4-12,22-23H,1-3H3/t22-,23-/m1/s1. The first-order valence-corrected chi connectivity index (χ1v) is 11.2. The van der Waals surface area contributed by atoms with E-state index in [9.17, 15) is 28.9 Å². The summed E-state index contributed by atoms with van der Waals surface area (Å²) in [7, 11) is 2.89. The summed E-state index contributed by atoms with van der Waals surface area (Å²) >= 11 is 0. The van der Waals surface area contributed by atoms with Crippen LogP contribution in [0.3, 0.4) is 0 Å². The van der Waals surface area contributed by atoms with Crippen LogP contribution in [0.5, 0.6) is 11.5 Å². The van der Waals surface area contributed by atoms with Gasteiger partial charge in [0.25, 0.3) is 23.4 Å². The molecule has 3 aromatic rings. The number of non-ortho nitro benzene ring substituents is 1. The Balaban J connectivity index is 1.64. The van der Waals surface area contributed by atoms with Crippen molar-refractivity contribution in [3.05, 3.63) is 92.8 Å². The molecule has 0 unspecified atom stereocenters. The molecule has 0 saturated carbocycles. The van der Waals surface area contributed by atoms with E-state index >= 15 is 0 Å². The number of anilines is 1. The number of ether oxygens (including phenoxy) is 2. The molecule has 2 aliphatic heterocycles. The molecule has 11 heteroatoms. The van der Waals surface area contributed by atoms with E-state index in [1.807, 2.05) is 0 Å². The third kappa shape index (κ3) is 3.58. The normalized spacial score (nSPS) is 18.5. The number of hydrogen-bond donors (Lipinski definition) is 0. The number of carbonyl (C=O) groups excluding carboxylic acids is 3. The molecule has 3 aromatic carbocycles. The average Bonchev–Trinajstić information content (AvgIpc) is 3.13. The summed E-state index contributed by atoms with van der Waals surface area (Å²) in [5.41, 5.74) is 0.472. The fraction of sp³-hybridized carbons (Fsp3) is 0.192. The minimum Gasteiger partial charge on any atom is -0.497 e. The van der Waals surface area contributed by atoms with Crippen LogP contribution in [0.25, 0.3) is 0 Å². The highest BCUT2D eigenvalue weighted by Gasteiger charge is 2.58. The number of imide groups is 1. The highest BCUT2D eigenvalue weighted by Crippen LogP contribution is 2.47. The lowest BCUT2D eigenvalue weighted by Gasteiger charge is -2.50. The van der Waals surface area contributed by atoms with Crippen LogP contribution in [0.1, 0.15) is 37.9 Å². The Labute approximate surface area is 210 Å². The topological polar surface area (TPSA) is 119 Å². The number of amides is 3. The van der Waals surface area contributed by atoms with Gasteiger partial charge < -0.3 is 14.4 Å². The van der Waals surface area contributed by atoms with Gasteiger partial charge in [0.2, 0.25) is 0 Å². The Morgan fingerprint density at radius 3 is 2.24 bits per heavy atom. The van der Waals surface area contributed by atoms with Crippen molar-refractivity contribution in [2.24, 2.45) is 0 Å². The lowest BCUT2D eigenvalue weighted by atomic mass is 9.85. The summed E-state index contributed by atoms with van der Waals surface area (Å²) < 4.78 is 25.3. The van der Waals surface area contributed by atoms with Gasteiger partial charge in [-0.1, -0.05) is 6.07 Å². The van der Waals surface area contributed by atoms with Gasteiger partial charge in [-0.3, -0.25) is 29.4 Å². The van der Waals surface area contributed by atoms with Crippen LogP contribution in [0.15, 0.2) is 54.6 Å². The highest BCUT2D eigenvalue weighted by atomic mass is 19.1. The maximum Gasteiger partial charge on any atom is 0.270 e. The summed E-state index contributed by atoms with van der Waals surface area (Å²) in [6, 6.07) is 10.3. The summed E-state index contributed by atoms with van der Waals surface area (Å²) in [6.07, 6.45) is 0. The molecule has 1 saturated heterocycles. The molecule has 2 aliphatic rings. The Bertz CT molecular complexity index is 1510. The Morgan fingerprint density at radius 1 is 0.865 bits per heavy atom. The molecule has 0 bridgehead atoms. The van der Waals surface area contributed by atoms with E-state index in [4.69, 9.17) is 9.47 Å². The van der Waals surface area contributed by atoms with E-state index < -0.39 is 40.5 Å². The van der Waals surface area contributed by atoms with Crippen molar-refractivity contribution in [3.63, 3.8) is 0 Å². The molecule has 3 amide bonds. The number of β-lactam (4-membered cyclic amide) rings is 1. The first-order chi connectivity index (χ1) is 17.7. The first-order valence-electron chi connectivity index (χ1n) is 11.2. The molecule has 2 atom stereocenters. The molecular formula is C26H20FN3O7. The number of nitro benzene ring substituents is 1. The summed E-state index contributed by atoms with van der Waals surface area (Å²) in [5, 5.41) is 11.2. The number of benzene rings is 3. The van der Waals surface area contributed by atoms with Crippen molar-refractivity contribution in [1.29, 1.82) is 0 Å². The van der Waals surface area contributed by atoms with E-state index in [-0.39, 0.29) is 22.5 Å². The van der Waals surface area contributed by atoms with Crippen molar-refractivity contribution in [2.75, 3.05) is 19.1 Å². The molecule has 0 N–H and O–H groups in total. The van der Waals surface area contributed by atoms with E-state index in [0.717, 1.165) is 17.0 Å². The number of aryl methyl sites for hydroxylation is 1. The Morgan fingerprint density at radius 2 is 1.59 bits per heavy atom. The SMILES string of the molecule is COc1ccc(OC)c([C@@H]2[C@@H](N3C(=O)c4ccc([N+](=O)[O-])cc4C3=O)C(=O)N2c2ccc(C)c(F)c2)c1. The molecule has 1 fully saturated rings. The molecular weight excluding hydrogens is 485 g/mol. The zero-order valence-electron chi connectivity index (χ0n) is 19.9. The molecule has 0 aliphatic carbocycles. The number of rotatable bonds is 6. The number of carbonyl (C=O) groups is 3. The third-order valence-electron chi connectivity index (χ3n) is 6.65. The molecule has 0 spiro atoms. The van der Waals surface area contributed by atoms with Crippen LogP contribution < -0.4 is 14.4 Å². The second-order valence-electron chi connectivity index (χ2n) is 8.61. The molecule has 10 nitrogen and oxygen atoms in total. The maximum atomic E-state index is 14.5. The van der Waals surface area contributed by atoms with Gasteiger partial charge in [-0.2, -0.15) is 0 Å². The Kier molecular flexibility index (Phi) is 5.62. The molecule has 0 radical (unpaired) electrons. The van der Waals surface area contributed by atoms with E-state index in [1.54, 1.807) is 31.2 Å². The van der Waals surface area contributed by atoms with Gasteiger partial charge in [0.1, 0.15) is 23.4 Å². The van der Waals surface area contributed by atoms with Gasteiger partial charge in [-0.05, 0) is 48.9 Å². The Hall–Kier alpha value is -4.80. The number of methoxy groups -OCH3 is 2. The van der Waals surface area contributed by atoms with Crippen molar-refractivity contribution in [2.45, 2.75) is 19.0 Å². The van der Waals surface area contributed by atoms with Gasteiger partial charge >= 0.3 is 0 Å². The molecule has 37 heavy (non-hydrogen) atoms. The largest absolute Gasteiger partial charge is 0.497 e. The molecule has 5 rings (SSSR count). The molecule has 188 valence electrons. The van der Waals surface area contributed by atoms with E-state index in [0.29, 0.717) is 22.6 Å². The third-order valence-corrected chi connectivity index (χ3v) is 6.65. The smallest absolute Gasteiger partial charge is 0.270 e. The number of nitrogens with zero attached hydrogens (tertiary/aromatic N) is 3. The predicted octanol–water partition coefficient (Wildman–Crippen LogP) is 3.81. The van der Waals surface area contributed by atoms with Gasteiger partial charge in [-0.25, -0.2) is 4.39 Å². The summed E-state index contributed by atoms with van der Waals surface area (Å²) in [5.74, 6) is -1.95. The minimum absolute atomic E-state index is 0.0420. The summed E-state index contributed by atoms with van der Waals surface area (Å²) in [4.78, 5) is 52.9. The molecule has 2 heterocycles. The van der Waals surface area contributed by atoms with Crippen LogP contribution >= 0.6 is 0 Å². The average molecular weight is 505 g/mol. The quantitative estimate of drug-likeness (QED) is 0.216. The second-order valence-corrected chi connectivity index (χ2v) is 8.61. The van der Waals surface area contributed by atoms with Gasteiger partial charge in [0.15, 0.2) is 0 Å². The fourth-order valence-corrected chi connectivity index (χ4v) is 4.74. The van der Waals surface area contributed by atoms with Gasteiger partial charge in [0, 0.05) is 23.4 Å². The lowest BCUT2D eigenvalue weighted by Crippen LogP contribution is -2.67. The molecule has 0 aromatic heterocycles. The minimum atomic E-state index is -1.31. The monoisotopic (exact) mass is 505 g/mol. The van der Waals surface area contributed by atoms with Crippen molar-refractivity contribution in [1.82, 2.24) is 4.90 Å². The number of fused-ring (bicyclic) bond motifs is 1. The van der Waals surface area contributed by atoms with Crippen LogP contribution in [0.4, 0.5) is 15.8 Å². The van der Waals surface area contributed by atoms with Gasteiger partial charge in [0.05, 0.1) is 36.3 Å². The number of hydrogen-bond acceptors (Lipinski definition) is 7. The maximum absolute atomic E-state index is 14.5. The number of nitro groups is 1. The van der Waals surface area contributed by atoms with Crippen LogP contribution in [-0.2, 0) is 4.79 Å². The lowest BCUT2D eigenvalue weighted by molar-refractivity contribution is -0.384. The highest BCUT2D eigenvalue weighted by molar-refractivity contribution is 6.25. The summed E-state index contributed by atoms with van der Waals surface area (Å²) in [6.45, 7) is 1.58. The van der Waals surface area contributed by atoms with Crippen molar-refractivity contribution >= 4 is 29.1 Å². The zero-order chi connectivity index (χ0) is 26.6. The fourth-order valence-electron chi connectivity index (χ4n) is 4.74. The van der Waals surface area contributed by atoms with Crippen molar-refractivity contribution < 1.29 is 33.2 Å². The van der Waals surface area contributed by atoms with Crippen LogP contribution in [0, 0.1) is 22.9 Å². The number of halogens is 1. The second kappa shape index (κ2) is 8.70. The predicted molar refractivity (Wildman–Crippen MR) is 128 cm³/mol. The first kappa shape index (κ1) is 23.9. The van der Waals surface area contributed by atoms with Gasteiger partial charge in [-0.15, -0.1) is 0 Å². The zero-order valence-corrected chi connectivity index (χ0v) is 19.9.